The molecule has 5 nitrogen and oxygen atoms in total. The molecule has 0 radical (unpaired) electrons. The van der Waals surface area contributed by atoms with Crippen molar-refractivity contribution in [3.8, 4) is 5.75 Å². The molecule has 29 heavy (non-hydrogen) atoms. The van der Waals surface area contributed by atoms with Crippen LogP contribution in [0.1, 0.15) is 23.6 Å². The van der Waals surface area contributed by atoms with E-state index in [1.54, 1.807) is 30.3 Å². The first-order valence-electron chi connectivity index (χ1n) is 9.36. The first kappa shape index (κ1) is 22.5. The van der Waals surface area contributed by atoms with Gasteiger partial charge in [-0.3, -0.25) is 0 Å². The van der Waals surface area contributed by atoms with E-state index in [-0.39, 0.29) is 18.1 Å². The van der Waals surface area contributed by atoms with Crippen LogP contribution in [0, 0.1) is 5.82 Å². The van der Waals surface area contributed by atoms with E-state index in [0.717, 1.165) is 5.56 Å². The third-order valence-corrected chi connectivity index (χ3v) is 4.00. The molecular formula is C21H27F3N4O. The second-order valence-corrected chi connectivity index (χ2v) is 6.70. The van der Waals surface area contributed by atoms with Crippen molar-refractivity contribution >= 4 is 5.96 Å². The number of alkyl halides is 2. The molecule has 0 heterocycles. The fraction of sp³-hybridized carbons (Fsp3) is 0.381. The van der Waals surface area contributed by atoms with E-state index in [1.807, 2.05) is 25.9 Å². The van der Waals surface area contributed by atoms with Crippen LogP contribution in [0.4, 0.5) is 13.2 Å². The van der Waals surface area contributed by atoms with Crippen LogP contribution >= 0.6 is 0 Å². The number of aliphatic imine (C=N–C) groups is 1. The van der Waals surface area contributed by atoms with Crippen LogP contribution in [0.3, 0.4) is 0 Å². The average Bonchev–Trinajstić information content (AvgIpc) is 2.66. The van der Waals surface area contributed by atoms with Gasteiger partial charge in [0.25, 0.3) is 0 Å². The molecule has 0 bridgehead atoms. The fourth-order valence-corrected chi connectivity index (χ4v) is 2.74. The van der Waals surface area contributed by atoms with E-state index >= 15 is 0 Å². The average molecular weight is 408 g/mol. The van der Waals surface area contributed by atoms with E-state index in [0.29, 0.717) is 36.7 Å². The van der Waals surface area contributed by atoms with Crippen LogP contribution in [0.25, 0.3) is 0 Å². The lowest BCUT2D eigenvalue weighted by molar-refractivity contribution is -0.0504. The Hall–Kier alpha value is -2.74. The molecule has 0 fully saturated rings. The highest BCUT2D eigenvalue weighted by Crippen LogP contribution is 2.20. The molecule has 158 valence electrons. The van der Waals surface area contributed by atoms with E-state index in [9.17, 15) is 13.2 Å². The first-order valence-corrected chi connectivity index (χ1v) is 9.36. The zero-order valence-corrected chi connectivity index (χ0v) is 16.9. The molecule has 0 atom stereocenters. The van der Waals surface area contributed by atoms with Crippen molar-refractivity contribution in [3.05, 3.63) is 65.0 Å². The van der Waals surface area contributed by atoms with Crippen molar-refractivity contribution < 1.29 is 17.9 Å². The number of para-hydroxylation sites is 1. The molecule has 0 aliphatic heterocycles. The lowest BCUT2D eigenvalue weighted by atomic mass is 10.1. The number of hydrogen-bond donors (Lipinski definition) is 2. The Kier molecular flexibility index (Phi) is 8.79. The predicted molar refractivity (Wildman–Crippen MR) is 109 cm³/mol. The van der Waals surface area contributed by atoms with Gasteiger partial charge in [0.15, 0.2) is 5.96 Å². The minimum Gasteiger partial charge on any atom is -0.434 e. The molecule has 2 rings (SSSR count). The van der Waals surface area contributed by atoms with Gasteiger partial charge < -0.3 is 20.3 Å². The van der Waals surface area contributed by atoms with Gasteiger partial charge in [-0.1, -0.05) is 24.3 Å². The second-order valence-electron chi connectivity index (χ2n) is 6.70. The zero-order chi connectivity index (χ0) is 21.2. The third-order valence-electron chi connectivity index (χ3n) is 4.00. The summed E-state index contributed by atoms with van der Waals surface area (Å²) in [5.41, 5.74) is 2.08. The summed E-state index contributed by atoms with van der Waals surface area (Å²) in [7, 11) is 3.76. The lowest BCUT2D eigenvalue weighted by Gasteiger charge is -2.15. The standard InChI is InChI=1S/C21H27F3N4O/c1-4-25-21(27-13-16-7-5-6-8-19(16)29-20(23)24)26-12-15-9-10-18(22)17(11-15)14-28(2)3/h5-11,20H,4,12-14H2,1-3H3,(H2,25,26,27). The lowest BCUT2D eigenvalue weighted by Crippen LogP contribution is -2.36. The van der Waals surface area contributed by atoms with Gasteiger partial charge in [0, 0.05) is 30.8 Å². The highest BCUT2D eigenvalue weighted by molar-refractivity contribution is 5.79. The summed E-state index contributed by atoms with van der Waals surface area (Å²) >= 11 is 0. The number of nitrogens with one attached hydrogen (secondary N) is 2. The third kappa shape index (κ3) is 7.65. The Morgan fingerprint density at radius 1 is 1.10 bits per heavy atom. The smallest absolute Gasteiger partial charge is 0.387 e. The number of benzene rings is 2. The Bertz CT molecular complexity index is 812. The normalized spacial score (nSPS) is 11.8. The molecule has 2 aromatic carbocycles. The van der Waals surface area contributed by atoms with Crippen LogP contribution in [0.5, 0.6) is 5.75 Å². The van der Waals surface area contributed by atoms with Crippen molar-refractivity contribution in [2.75, 3.05) is 20.6 Å². The Morgan fingerprint density at radius 3 is 2.55 bits per heavy atom. The summed E-state index contributed by atoms with van der Waals surface area (Å²) in [4.78, 5) is 6.41. The molecule has 8 heteroatoms. The van der Waals surface area contributed by atoms with E-state index in [2.05, 4.69) is 20.4 Å². The predicted octanol–water partition coefficient (Wildman–Crippen LogP) is 3.74. The van der Waals surface area contributed by atoms with Gasteiger partial charge in [-0.25, -0.2) is 9.38 Å². The van der Waals surface area contributed by atoms with Gasteiger partial charge in [-0.05, 0) is 44.8 Å². The number of hydrogen-bond acceptors (Lipinski definition) is 3. The van der Waals surface area contributed by atoms with Gasteiger partial charge >= 0.3 is 6.61 Å². The van der Waals surface area contributed by atoms with Crippen LogP contribution in [0.2, 0.25) is 0 Å². The SMILES string of the molecule is CCNC(=NCc1ccc(F)c(CN(C)C)c1)NCc1ccccc1OC(F)F. The monoisotopic (exact) mass is 408 g/mol. The molecule has 2 aromatic rings. The molecule has 0 saturated carbocycles. The highest BCUT2D eigenvalue weighted by Gasteiger charge is 2.10. The molecule has 0 saturated heterocycles. The Morgan fingerprint density at radius 2 is 1.86 bits per heavy atom. The Balaban J connectivity index is 2.07. The summed E-state index contributed by atoms with van der Waals surface area (Å²) in [5, 5.41) is 6.22. The number of nitrogens with zero attached hydrogens (tertiary/aromatic N) is 2. The summed E-state index contributed by atoms with van der Waals surface area (Å²) in [6, 6.07) is 11.5. The van der Waals surface area contributed by atoms with Gasteiger partial charge in [0.05, 0.1) is 6.54 Å². The van der Waals surface area contributed by atoms with Crippen molar-refractivity contribution in [1.29, 1.82) is 0 Å². The summed E-state index contributed by atoms with van der Waals surface area (Å²) in [6.07, 6.45) is 0. The van der Waals surface area contributed by atoms with Crippen molar-refractivity contribution in [1.82, 2.24) is 15.5 Å². The van der Waals surface area contributed by atoms with Crippen molar-refractivity contribution in [2.24, 2.45) is 4.99 Å². The largest absolute Gasteiger partial charge is 0.434 e. The maximum atomic E-state index is 13.9. The molecule has 0 aliphatic rings. The molecule has 0 amide bonds. The van der Waals surface area contributed by atoms with E-state index in [4.69, 9.17) is 0 Å². The van der Waals surface area contributed by atoms with Gasteiger partial charge in [0.1, 0.15) is 11.6 Å². The summed E-state index contributed by atoms with van der Waals surface area (Å²) in [6.45, 7) is 0.805. The van der Waals surface area contributed by atoms with Gasteiger partial charge in [-0.2, -0.15) is 8.78 Å². The van der Waals surface area contributed by atoms with E-state index in [1.165, 1.54) is 12.1 Å². The maximum absolute atomic E-state index is 13.9. The molecule has 0 aliphatic carbocycles. The van der Waals surface area contributed by atoms with Gasteiger partial charge in [0.2, 0.25) is 0 Å². The minimum absolute atomic E-state index is 0.123. The molecular weight excluding hydrogens is 381 g/mol. The van der Waals surface area contributed by atoms with Crippen LogP contribution in [-0.2, 0) is 19.6 Å². The quantitative estimate of drug-likeness (QED) is 0.490. The van der Waals surface area contributed by atoms with Crippen molar-refractivity contribution in [3.63, 3.8) is 0 Å². The topological polar surface area (TPSA) is 48.9 Å². The van der Waals surface area contributed by atoms with Gasteiger partial charge in [-0.15, -0.1) is 0 Å². The fourth-order valence-electron chi connectivity index (χ4n) is 2.74. The first-order chi connectivity index (χ1) is 13.9. The number of guanidine groups is 1. The number of rotatable bonds is 9. The number of halogens is 3. The Labute approximate surface area is 169 Å². The van der Waals surface area contributed by atoms with Crippen LogP contribution in [-0.4, -0.2) is 38.1 Å². The van der Waals surface area contributed by atoms with Crippen LogP contribution in [0.15, 0.2) is 47.5 Å². The molecule has 0 spiro atoms. The summed E-state index contributed by atoms with van der Waals surface area (Å²) < 4.78 is 43.6. The second kappa shape index (κ2) is 11.3. The summed E-state index contributed by atoms with van der Waals surface area (Å²) in [5.74, 6) is 0.405. The molecule has 0 aromatic heterocycles. The minimum atomic E-state index is -2.88. The zero-order valence-electron chi connectivity index (χ0n) is 16.9. The van der Waals surface area contributed by atoms with E-state index < -0.39 is 6.61 Å². The molecule has 2 N–H and O–H groups in total. The maximum Gasteiger partial charge on any atom is 0.387 e. The highest BCUT2D eigenvalue weighted by atomic mass is 19.3. The number of ether oxygens (including phenoxy) is 1. The molecule has 0 unspecified atom stereocenters. The van der Waals surface area contributed by atoms with Crippen LogP contribution < -0.4 is 15.4 Å². The van der Waals surface area contributed by atoms with Crippen molar-refractivity contribution in [2.45, 2.75) is 33.2 Å².